The van der Waals surface area contributed by atoms with Gasteiger partial charge >= 0.3 is 5.97 Å². The fourth-order valence-corrected chi connectivity index (χ4v) is 10.3. The molecule has 0 saturated heterocycles. The minimum atomic E-state index is -1.90. The molecule has 1 heterocycles. The number of phenolic OH excluding ortho intramolecular Hbond substituents is 1. The van der Waals surface area contributed by atoms with Crippen LogP contribution in [0.2, 0.25) is 0 Å². The molecule has 30 heteroatoms. The standard InChI is InChI=1S/C59H85N15O15/c1-31(75)50(74-57(88)46(28-47(60)78)72-54(85)41(21-22-49(80)81)70-55(86)44(67-32(2)76)25-35-17-19-37(77)20-18-35)58(89)73-43(24-33-10-5-4-6-11-33)52(83)66-30-48(79)68-45(26-34-15-16-34)56(87)69-40(14-9-23-64-59(62)63-3)53(84)71-42(51(61)82)27-36-29-65-39-13-8-7-12-38(36)39/h7-8,12-13,17-20,29,31,33-34,40-46,50,65,75,77H,4-6,9-11,14-16,21-28,30H2,1-3H3,(H2,60,78)(H2,61,82)(H,66,83)(H,67,76)(H,68,79)(H,69,87)(H,70,86)(H,71,84)(H,72,85)(H,73,89)(H,74,88)(H,80,81)(H3,62,63,64)/t31-,40+,41+,42+,43+,44-,45+,46+,50+/m1/s1. The fraction of sp³-hybridized carbons (Fsp3) is 0.542. The molecule has 486 valence electrons. The molecule has 0 spiro atoms. The minimum absolute atomic E-state index is 0.0183. The van der Waals surface area contributed by atoms with E-state index < -0.39 is 151 Å². The number of guanidine groups is 1. The second kappa shape index (κ2) is 34.9. The summed E-state index contributed by atoms with van der Waals surface area (Å²) in [6.45, 7) is 1.80. The van der Waals surface area contributed by atoms with Gasteiger partial charge in [-0.05, 0) is 80.2 Å². The highest BCUT2D eigenvalue weighted by atomic mass is 16.4. The Hall–Kier alpha value is -9.35. The Bertz CT molecular complexity index is 3000. The van der Waals surface area contributed by atoms with Gasteiger partial charge in [0, 0.05) is 56.9 Å². The Morgan fingerprint density at radius 1 is 0.629 bits per heavy atom. The van der Waals surface area contributed by atoms with Crippen molar-refractivity contribution >= 4 is 87.8 Å². The molecule has 2 fully saturated rings. The zero-order valence-electron chi connectivity index (χ0n) is 50.2. The highest BCUT2D eigenvalue weighted by Gasteiger charge is 2.38. The van der Waals surface area contributed by atoms with Crippen molar-refractivity contribution in [1.29, 1.82) is 5.41 Å². The molecule has 89 heavy (non-hydrogen) atoms. The van der Waals surface area contributed by atoms with Gasteiger partial charge in [0.1, 0.15) is 54.1 Å². The average Bonchev–Trinajstić information content (AvgIpc) is 2.91. The minimum Gasteiger partial charge on any atom is -0.508 e. The summed E-state index contributed by atoms with van der Waals surface area (Å²) in [5, 5.41) is 66.9. The maximum absolute atomic E-state index is 14.2. The number of aliphatic hydroxyl groups excluding tert-OH is 1. The van der Waals surface area contributed by atoms with Crippen LogP contribution in [-0.2, 0) is 70.4 Å². The Balaban J connectivity index is 1.27. The van der Waals surface area contributed by atoms with Gasteiger partial charge in [0.15, 0.2) is 5.96 Å². The predicted molar refractivity (Wildman–Crippen MR) is 322 cm³/mol. The molecule has 30 nitrogen and oxygen atoms in total. The number of nitrogens with two attached hydrogens (primary N) is 2. The van der Waals surface area contributed by atoms with Gasteiger partial charge in [-0.1, -0.05) is 75.3 Å². The summed E-state index contributed by atoms with van der Waals surface area (Å²) in [5.41, 5.74) is 13.3. The highest BCUT2D eigenvalue weighted by molar-refractivity contribution is 5.99. The van der Waals surface area contributed by atoms with E-state index in [9.17, 15) is 72.9 Å². The number of primary amides is 2. The van der Waals surface area contributed by atoms with Crippen LogP contribution in [0.5, 0.6) is 5.75 Å². The van der Waals surface area contributed by atoms with Gasteiger partial charge in [-0.2, -0.15) is 0 Å². The number of H-pyrrole nitrogens is 1. The van der Waals surface area contributed by atoms with Crippen molar-refractivity contribution in [3.05, 3.63) is 65.9 Å². The summed E-state index contributed by atoms with van der Waals surface area (Å²) in [4.78, 5) is 164. The number of amides is 11. The fourth-order valence-electron chi connectivity index (χ4n) is 10.3. The molecular weight excluding hydrogens is 1160 g/mol. The summed E-state index contributed by atoms with van der Waals surface area (Å²) >= 11 is 0. The van der Waals surface area contributed by atoms with Crippen LogP contribution < -0.4 is 70.0 Å². The van der Waals surface area contributed by atoms with Gasteiger partial charge in [-0.25, -0.2) is 0 Å². The number of aliphatic carboxylic acids is 1. The van der Waals surface area contributed by atoms with Gasteiger partial charge in [-0.3, -0.25) is 62.9 Å². The van der Waals surface area contributed by atoms with E-state index in [4.69, 9.17) is 16.9 Å². The molecule has 3 aromatic rings. The van der Waals surface area contributed by atoms with Gasteiger partial charge in [0.2, 0.25) is 65.0 Å². The number of aromatic hydroxyl groups is 1. The molecule has 0 bridgehead atoms. The molecular formula is C59H85N15O15. The van der Waals surface area contributed by atoms with Crippen molar-refractivity contribution in [3.8, 4) is 5.75 Å². The van der Waals surface area contributed by atoms with Crippen LogP contribution in [0.1, 0.15) is 115 Å². The maximum Gasteiger partial charge on any atom is 0.303 e. The molecule has 0 unspecified atom stereocenters. The molecule has 11 amide bonds. The summed E-state index contributed by atoms with van der Waals surface area (Å²) in [6, 6.07) is 1.24. The van der Waals surface area contributed by atoms with Crippen LogP contribution in [0.15, 0.2) is 54.7 Å². The Morgan fingerprint density at radius 2 is 1.19 bits per heavy atom. The van der Waals surface area contributed by atoms with Crippen molar-refractivity contribution in [2.45, 2.75) is 171 Å². The van der Waals surface area contributed by atoms with E-state index in [0.717, 1.165) is 56.9 Å². The van der Waals surface area contributed by atoms with Gasteiger partial charge in [0.25, 0.3) is 0 Å². The number of carboxylic acids is 1. The monoisotopic (exact) mass is 1240 g/mol. The first-order valence-corrected chi connectivity index (χ1v) is 29.8. The Morgan fingerprint density at radius 3 is 1.79 bits per heavy atom. The number of nitrogens with one attached hydrogen (secondary N) is 13. The summed E-state index contributed by atoms with van der Waals surface area (Å²) in [6.07, 6.45) is 3.78. The molecule has 9 atom stereocenters. The van der Waals surface area contributed by atoms with Crippen LogP contribution >= 0.6 is 0 Å². The third-order valence-electron chi connectivity index (χ3n) is 15.3. The lowest BCUT2D eigenvalue weighted by Crippen LogP contribution is -2.61. The lowest BCUT2D eigenvalue weighted by molar-refractivity contribution is -0.139. The number of aliphatic hydroxyl groups is 1. The van der Waals surface area contributed by atoms with Crippen molar-refractivity contribution in [2.24, 2.45) is 23.3 Å². The van der Waals surface area contributed by atoms with Crippen molar-refractivity contribution in [3.63, 3.8) is 0 Å². The third kappa shape index (κ3) is 24.0. The largest absolute Gasteiger partial charge is 0.508 e. The topological polar surface area (TPSA) is 490 Å². The second-order valence-electron chi connectivity index (χ2n) is 22.7. The quantitative estimate of drug-likeness (QED) is 0.0164. The molecule has 0 radical (unpaired) electrons. The normalized spacial score (nSPS) is 16.1. The molecule has 2 aliphatic carbocycles. The number of aromatic amines is 1. The number of carboxylic acid groups (broad SMARTS) is 1. The van der Waals surface area contributed by atoms with Crippen LogP contribution in [0.25, 0.3) is 10.9 Å². The number of carbonyl (C=O) groups excluding carboxylic acids is 11. The predicted octanol–water partition coefficient (Wildman–Crippen LogP) is -2.43. The number of benzene rings is 2. The van der Waals surface area contributed by atoms with E-state index in [-0.39, 0.29) is 68.6 Å². The second-order valence-corrected chi connectivity index (χ2v) is 22.7. The number of para-hydroxylation sites is 1. The highest BCUT2D eigenvalue weighted by Crippen LogP contribution is 2.34. The number of fused-ring (bicyclic) bond motifs is 1. The first-order chi connectivity index (χ1) is 42.3. The first-order valence-electron chi connectivity index (χ1n) is 29.8. The molecule has 2 aromatic carbocycles. The van der Waals surface area contributed by atoms with Crippen molar-refractivity contribution in [1.82, 2.24) is 63.5 Å². The van der Waals surface area contributed by atoms with Gasteiger partial charge in [-0.15, -0.1) is 0 Å². The number of aromatic nitrogens is 1. The number of carbonyl (C=O) groups is 12. The first kappa shape index (κ1) is 70.4. The van der Waals surface area contributed by atoms with E-state index in [1.54, 1.807) is 13.2 Å². The van der Waals surface area contributed by atoms with E-state index in [1.807, 2.05) is 24.3 Å². The van der Waals surface area contributed by atoms with Crippen LogP contribution in [0, 0.1) is 17.2 Å². The van der Waals surface area contributed by atoms with Crippen LogP contribution in [-0.4, -0.2) is 172 Å². The summed E-state index contributed by atoms with van der Waals surface area (Å²) in [5.74, 6) is -11.6. The SMILES string of the molecule is CNC(=N)NCCC[C@H](NC(=O)[C@H](CC1CC1)NC(=O)CNC(=O)[C@H](CC1CCCCC1)NC(=O)[C@@H](NC(=O)[C@H](CC(N)=O)NC(=O)[C@H](CCC(=O)O)NC(=O)[C@@H](Cc1ccc(O)cc1)NC(C)=O)[C@@H](C)O)C(=O)N[C@@H](Cc1c[nH]c2ccccc12)C(N)=O. The van der Waals surface area contributed by atoms with E-state index in [0.29, 0.717) is 24.0 Å². The van der Waals surface area contributed by atoms with E-state index >= 15 is 0 Å². The molecule has 20 N–H and O–H groups in total. The van der Waals surface area contributed by atoms with Crippen molar-refractivity contribution in [2.75, 3.05) is 20.1 Å². The van der Waals surface area contributed by atoms with E-state index in [2.05, 4.69) is 63.5 Å². The lowest BCUT2D eigenvalue weighted by atomic mass is 9.84. The average molecular weight is 1240 g/mol. The number of hydrogen-bond acceptors (Lipinski definition) is 15. The number of hydrogen-bond donors (Lipinski definition) is 18. The lowest BCUT2D eigenvalue weighted by Gasteiger charge is -2.29. The molecule has 2 saturated carbocycles. The smallest absolute Gasteiger partial charge is 0.303 e. The van der Waals surface area contributed by atoms with E-state index in [1.165, 1.54) is 24.3 Å². The Kier molecular flexibility index (Phi) is 27.6. The van der Waals surface area contributed by atoms with Crippen LogP contribution in [0.4, 0.5) is 0 Å². The number of phenols is 1. The zero-order valence-corrected chi connectivity index (χ0v) is 50.2. The molecule has 2 aliphatic rings. The maximum atomic E-state index is 14.2. The van der Waals surface area contributed by atoms with Gasteiger partial charge < -0.3 is 90.3 Å². The zero-order chi connectivity index (χ0) is 65.3. The molecule has 0 aliphatic heterocycles. The number of rotatable bonds is 36. The molecule has 1 aromatic heterocycles. The summed E-state index contributed by atoms with van der Waals surface area (Å²) in [7, 11) is 1.55. The van der Waals surface area contributed by atoms with Crippen molar-refractivity contribution < 1.29 is 72.9 Å². The molecule has 5 rings (SSSR count). The Labute approximate surface area is 514 Å². The van der Waals surface area contributed by atoms with Crippen LogP contribution in [0.3, 0.4) is 0 Å². The summed E-state index contributed by atoms with van der Waals surface area (Å²) < 4.78 is 0. The third-order valence-corrected chi connectivity index (χ3v) is 15.3. The van der Waals surface area contributed by atoms with Gasteiger partial charge in [0.05, 0.1) is 19.1 Å².